The number of anilines is 2. The summed E-state index contributed by atoms with van der Waals surface area (Å²) in [5.74, 6) is 1.51. The Labute approximate surface area is 183 Å². The van der Waals surface area contributed by atoms with Crippen LogP contribution in [-0.4, -0.2) is 46.1 Å². The lowest BCUT2D eigenvalue weighted by Crippen LogP contribution is -2.27. The second-order valence-electron chi connectivity index (χ2n) is 7.47. The molecule has 11 heteroatoms. The van der Waals surface area contributed by atoms with Crippen molar-refractivity contribution in [3.05, 3.63) is 29.8 Å². The van der Waals surface area contributed by atoms with E-state index >= 15 is 0 Å². The van der Waals surface area contributed by atoms with Crippen molar-refractivity contribution in [2.45, 2.75) is 32.1 Å². The predicted molar refractivity (Wildman–Crippen MR) is 117 cm³/mol. The molecule has 164 valence electrons. The summed E-state index contributed by atoms with van der Waals surface area (Å²) < 4.78 is 10.5. The molecule has 0 spiro atoms. The van der Waals surface area contributed by atoms with Gasteiger partial charge in [-0.05, 0) is 72.7 Å². The largest absolute Gasteiger partial charge is 0.494 e. The van der Waals surface area contributed by atoms with Crippen molar-refractivity contribution < 1.29 is 14.2 Å². The van der Waals surface area contributed by atoms with E-state index in [1.54, 1.807) is 0 Å². The highest BCUT2D eigenvalue weighted by molar-refractivity contribution is 7.18. The molecule has 0 radical (unpaired) electrons. The Morgan fingerprint density at radius 1 is 1.29 bits per heavy atom. The van der Waals surface area contributed by atoms with Crippen molar-refractivity contribution in [2.24, 2.45) is 5.92 Å². The van der Waals surface area contributed by atoms with Crippen molar-refractivity contribution in [3.63, 3.8) is 0 Å². The van der Waals surface area contributed by atoms with Gasteiger partial charge in [-0.1, -0.05) is 23.5 Å². The number of aromatic nitrogens is 4. The quantitative estimate of drug-likeness (QED) is 0.425. The molecular weight excluding hydrogens is 418 g/mol. The van der Waals surface area contributed by atoms with Crippen LogP contribution in [0.15, 0.2) is 28.9 Å². The van der Waals surface area contributed by atoms with Gasteiger partial charge in [0.1, 0.15) is 5.75 Å². The van der Waals surface area contributed by atoms with Crippen LogP contribution in [0, 0.1) is 5.92 Å². The fourth-order valence-corrected chi connectivity index (χ4v) is 4.29. The molecule has 1 amide bonds. The summed E-state index contributed by atoms with van der Waals surface area (Å²) in [7, 11) is 0. The van der Waals surface area contributed by atoms with Crippen molar-refractivity contribution >= 4 is 28.2 Å². The summed E-state index contributed by atoms with van der Waals surface area (Å²) in [5.41, 5.74) is 6.82. The first kappa shape index (κ1) is 21.2. The third-order valence-electron chi connectivity index (χ3n) is 5.14. The zero-order valence-corrected chi connectivity index (χ0v) is 17.9. The van der Waals surface area contributed by atoms with Crippen molar-refractivity contribution in [1.29, 1.82) is 0 Å². The second-order valence-corrected chi connectivity index (χ2v) is 8.44. The first-order valence-electron chi connectivity index (χ1n) is 10.3. The average Bonchev–Trinajstić information content (AvgIpc) is 3.40. The molecule has 4 N–H and O–H groups in total. The molecule has 1 fully saturated rings. The van der Waals surface area contributed by atoms with Gasteiger partial charge < -0.3 is 21.1 Å². The van der Waals surface area contributed by atoms with E-state index < -0.39 is 0 Å². The molecule has 3 heterocycles. The van der Waals surface area contributed by atoms with Crippen LogP contribution in [0.3, 0.4) is 0 Å². The Morgan fingerprint density at radius 2 is 2.16 bits per heavy atom. The highest BCUT2D eigenvalue weighted by atomic mass is 32.1. The summed E-state index contributed by atoms with van der Waals surface area (Å²) in [6.07, 6.45) is 4.95. The van der Waals surface area contributed by atoms with Gasteiger partial charge in [-0.3, -0.25) is 4.79 Å². The van der Waals surface area contributed by atoms with Crippen LogP contribution < -0.4 is 21.1 Å². The number of nitrogens with one attached hydrogen (secondary N) is 2. The van der Waals surface area contributed by atoms with Crippen LogP contribution in [0.1, 0.15) is 31.2 Å². The van der Waals surface area contributed by atoms with E-state index in [0.29, 0.717) is 22.4 Å². The van der Waals surface area contributed by atoms with E-state index in [-0.39, 0.29) is 18.1 Å². The van der Waals surface area contributed by atoms with Gasteiger partial charge in [0.15, 0.2) is 16.5 Å². The number of amides is 1. The minimum absolute atomic E-state index is 0.126. The predicted octanol–water partition coefficient (Wildman–Crippen LogP) is 2.51. The highest BCUT2D eigenvalue weighted by Gasteiger charge is 2.16. The number of carbonyl (C=O) groups excluding carboxylic acids is 1. The summed E-state index contributed by atoms with van der Waals surface area (Å²) in [5, 5.41) is 22.0. The molecule has 0 atom stereocenters. The average molecular weight is 444 g/mol. The SMILES string of the molecule is Nc1nonc1-c1nnc(NC(=O)Cc2cccc(OCCCC3CCNCC3)c2)s1. The van der Waals surface area contributed by atoms with Gasteiger partial charge in [-0.2, -0.15) is 0 Å². The molecule has 0 bridgehead atoms. The number of benzene rings is 1. The Hall–Kier alpha value is -3.05. The molecule has 1 aromatic carbocycles. The minimum Gasteiger partial charge on any atom is -0.494 e. The van der Waals surface area contributed by atoms with Gasteiger partial charge >= 0.3 is 0 Å². The molecule has 0 unspecified atom stereocenters. The number of nitrogen functional groups attached to an aromatic ring is 1. The normalized spacial score (nSPS) is 14.5. The molecule has 2 aromatic heterocycles. The second kappa shape index (κ2) is 10.3. The number of piperidine rings is 1. The number of hydrogen-bond acceptors (Lipinski definition) is 10. The monoisotopic (exact) mass is 443 g/mol. The zero-order valence-electron chi connectivity index (χ0n) is 17.0. The van der Waals surface area contributed by atoms with E-state index in [1.807, 2.05) is 24.3 Å². The van der Waals surface area contributed by atoms with E-state index in [9.17, 15) is 4.79 Å². The lowest BCUT2D eigenvalue weighted by atomic mass is 9.93. The molecule has 0 aliphatic carbocycles. The van der Waals surface area contributed by atoms with Gasteiger partial charge in [0.2, 0.25) is 11.0 Å². The number of hydrogen-bond donors (Lipinski definition) is 3. The van der Waals surface area contributed by atoms with E-state index in [1.165, 1.54) is 19.3 Å². The van der Waals surface area contributed by atoms with Crippen molar-refractivity contribution in [1.82, 2.24) is 25.8 Å². The zero-order chi connectivity index (χ0) is 21.5. The Balaban J connectivity index is 1.24. The van der Waals surface area contributed by atoms with E-state index in [0.717, 1.165) is 48.1 Å². The smallest absolute Gasteiger partial charge is 0.230 e. The van der Waals surface area contributed by atoms with Crippen LogP contribution in [0.25, 0.3) is 10.7 Å². The highest BCUT2D eigenvalue weighted by Crippen LogP contribution is 2.28. The lowest BCUT2D eigenvalue weighted by molar-refractivity contribution is -0.115. The van der Waals surface area contributed by atoms with Crippen LogP contribution in [0.5, 0.6) is 5.75 Å². The van der Waals surface area contributed by atoms with Crippen molar-refractivity contribution in [3.8, 4) is 16.5 Å². The van der Waals surface area contributed by atoms with Crippen LogP contribution in [0.4, 0.5) is 10.9 Å². The molecule has 4 rings (SSSR count). The van der Waals surface area contributed by atoms with E-state index in [4.69, 9.17) is 10.5 Å². The Kier molecular flexibility index (Phi) is 7.05. The molecule has 3 aromatic rings. The topological polar surface area (TPSA) is 141 Å². The number of carbonyl (C=O) groups is 1. The van der Waals surface area contributed by atoms with Crippen LogP contribution in [-0.2, 0) is 11.2 Å². The summed E-state index contributed by atoms with van der Waals surface area (Å²) in [4.78, 5) is 12.4. The molecule has 31 heavy (non-hydrogen) atoms. The Morgan fingerprint density at radius 3 is 2.97 bits per heavy atom. The number of nitrogens with two attached hydrogens (primary N) is 1. The Bertz CT molecular complexity index is 1000. The summed E-state index contributed by atoms with van der Waals surface area (Å²) in [6, 6.07) is 7.61. The standard InChI is InChI=1S/C20H25N7O3S/c21-18-17(26-30-27-18)19-24-25-20(31-19)23-16(28)12-14-3-1-5-15(11-14)29-10-2-4-13-6-8-22-9-7-13/h1,3,5,11,13,22H,2,4,6-10,12H2,(H2,21,27)(H,23,25,28). The summed E-state index contributed by atoms with van der Waals surface area (Å²) in [6.45, 7) is 2.94. The van der Waals surface area contributed by atoms with Gasteiger partial charge in [-0.25, -0.2) is 4.63 Å². The third kappa shape index (κ3) is 5.98. The fourth-order valence-electron chi connectivity index (χ4n) is 3.54. The fraction of sp³-hybridized carbons (Fsp3) is 0.450. The number of rotatable bonds is 9. The van der Waals surface area contributed by atoms with E-state index in [2.05, 4.69) is 35.8 Å². The van der Waals surface area contributed by atoms with Gasteiger partial charge in [0, 0.05) is 0 Å². The van der Waals surface area contributed by atoms with Crippen molar-refractivity contribution in [2.75, 3.05) is 30.7 Å². The number of ether oxygens (including phenoxy) is 1. The summed E-state index contributed by atoms with van der Waals surface area (Å²) >= 11 is 1.15. The minimum atomic E-state index is -0.197. The molecule has 1 saturated heterocycles. The third-order valence-corrected chi connectivity index (χ3v) is 5.98. The maximum atomic E-state index is 12.4. The molecule has 0 saturated carbocycles. The maximum absolute atomic E-state index is 12.4. The van der Waals surface area contributed by atoms with Gasteiger partial charge in [0.25, 0.3) is 0 Å². The first-order chi connectivity index (χ1) is 15.2. The molecule has 1 aliphatic heterocycles. The van der Waals surface area contributed by atoms with Crippen LogP contribution in [0.2, 0.25) is 0 Å². The molecular formula is C20H25N7O3S. The number of nitrogens with zero attached hydrogens (tertiary/aromatic N) is 4. The van der Waals surface area contributed by atoms with Crippen LogP contribution >= 0.6 is 11.3 Å². The molecule has 1 aliphatic rings. The first-order valence-corrected chi connectivity index (χ1v) is 11.1. The lowest BCUT2D eigenvalue weighted by Gasteiger charge is -2.22. The van der Waals surface area contributed by atoms with Gasteiger partial charge in [0.05, 0.1) is 13.0 Å². The van der Waals surface area contributed by atoms with Gasteiger partial charge in [-0.15, -0.1) is 10.2 Å². The maximum Gasteiger partial charge on any atom is 0.230 e. The molecule has 10 nitrogen and oxygen atoms in total.